The molecule has 0 radical (unpaired) electrons. The minimum atomic E-state index is -1.73. The zero-order chi connectivity index (χ0) is 20.0. The Balaban J connectivity index is 1.98. The van der Waals surface area contributed by atoms with E-state index in [1.807, 2.05) is 0 Å². The van der Waals surface area contributed by atoms with Crippen LogP contribution in [0.1, 0.15) is 57.9 Å². The van der Waals surface area contributed by atoms with E-state index >= 15 is 0 Å². The third-order valence-electron chi connectivity index (χ3n) is 5.19. The van der Waals surface area contributed by atoms with E-state index in [0.717, 1.165) is 37.8 Å². The van der Waals surface area contributed by atoms with Crippen LogP contribution in [0.3, 0.4) is 0 Å². The molecule has 0 bridgehead atoms. The summed E-state index contributed by atoms with van der Waals surface area (Å²) >= 11 is 0. The third-order valence-corrected chi connectivity index (χ3v) is 5.19. The second-order valence-corrected chi connectivity index (χ2v) is 7.42. The van der Waals surface area contributed by atoms with Gasteiger partial charge in [-0.3, -0.25) is 9.59 Å². The molecule has 2 rings (SSSR count). The van der Waals surface area contributed by atoms with Gasteiger partial charge < -0.3 is 15.7 Å². The molecule has 0 aliphatic heterocycles. The summed E-state index contributed by atoms with van der Waals surface area (Å²) in [6.07, 6.45) is 5.89. The number of rotatable bonds is 7. The van der Waals surface area contributed by atoms with Gasteiger partial charge in [-0.15, -0.1) is 0 Å². The first kappa shape index (κ1) is 20.9. The van der Waals surface area contributed by atoms with Crippen LogP contribution in [0.4, 0.5) is 4.39 Å². The molecule has 7 heteroatoms. The fourth-order valence-corrected chi connectivity index (χ4v) is 3.41. The van der Waals surface area contributed by atoms with Crippen molar-refractivity contribution < 1.29 is 23.9 Å². The van der Waals surface area contributed by atoms with Gasteiger partial charge in [0, 0.05) is 6.42 Å². The van der Waals surface area contributed by atoms with Crippen LogP contribution in [0.15, 0.2) is 24.3 Å². The molecule has 0 spiro atoms. The molecule has 2 unspecified atom stereocenters. The molecule has 2 amide bonds. The van der Waals surface area contributed by atoms with Crippen molar-refractivity contribution in [3.63, 3.8) is 0 Å². The van der Waals surface area contributed by atoms with Crippen molar-refractivity contribution in [2.75, 3.05) is 0 Å². The van der Waals surface area contributed by atoms with Gasteiger partial charge in [0.25, 0.3) is 0 Å². The number of carbonyl (C=O) groups is 3. The Morgan fingerprint density at radius 2 is 1.78 bits per heavy atom. The molecule has 1 saturated carbocycles. The molecular formula is C20H27FN2O4. The Kier molecular flexibility index (Phi) is 6.93. The van der Waals surface area contributed by atoms with E-state index < -0.39 is 29.3 Å². The van der Waals surface area contributed by atoms with E-state index in [1.54, 1.807) is 0 Å². The van der Waals surface area contributed by atoms with E-state index in [2.05, 4.69) is 10.6 Å². The Labute approximate surface area is 158 Å². The summed E-state index contributed by atoms with van der Waals surface area (Å²) in [7, 11) is 0. The average Bonchev–Trinajstić information content (AvgIpc) is 2.62. The summed E-state index contributed by atoms with van der Waals surface area (Å²) in [5, 5.41) is 14.7. The SMILES string of the molecule is CC(NC(=O)CC1CCCCC1)C(=O)NC(C)(C(=O)O)c1ccc(F)cc1. The predicted molar refractivity (Wildman–Crippen MR) is 98.3 cm³/mol. The first-order valence-electron chi connectivity index (χ1n) is 9.33. The Morgan fingerprint density at radius 3 is 2.33 bits per heavy atom. The highest BCUT2D eigenvalue weighted by Gasteiger charge is 2.38. The molecule has 27 heavy (non-hydrogen) atoms. The second kappa shape index (κ2) is 8.97. The number of carbonyl (C=O) groups excluding carboxylic acids is 2. The van der Waals surface area contributed by atoms with Crippen molar-refractivity contribution in [3.05, 3.63) is 35.6 Å². The molecule has 148 valence electrons. The lowest BCUT2D eigenvalue weighted by molar-refractivity contribution is -0.147. The maximum absolute atomic E-state index is 13.1. The largest absolute Gasteiger partial charge is 0.479 e. The number of amides is 2. The minimum absolute atomic E-state index is 0.205. The zero-order valence-corrected chi connectivity index (χ0v) is 15.8. The lowest BCUT2D eigenvalue weighted by atomic mass is 9.87. The summed E-state index contributed by atoms with van der Waals surface area (Å²) in [5.74, 6) is -2.24. The van der Waals surface area contributed by atoms with Gasteiger partial charge in [0.15, 0.2) is 5.54 Å². The van der Waals surface area contributed by atoms with Crippen molar-refractivity contribution in [2.45, 2.75) is 64.0 Å². The van der Waals surface area contributed by atoms with Gasteiger partial charge in [-0.2, -0.15) is 0 Å². The van der Waals surface area contributed by atoms with Crippen LogP contribution in [0, 0.1) is 11.7 Å². The van der Waals surface area contributed by atoms with Gasteiger partial charge in [0.05, 0.1) is 0 Å². The fraction of sp³-hybridized carbons (Fsp3) is 0.550. The number of hydrogen-bond donors (Lipinski definition) is 3. The average molecular weight is 378 g/mol. The van der Waals surface area contributed by atoms with Crippen LogP contribution in [-0.2, 0) is 19.9 Å². The first-order chi connectivity index (χ1) is 12.7. The molecule has 0 heterocycles. The number of aliphatic carboxylic acids is 1. The van der Waals surface area contributed by atoms with Crippen molar-refractivity contribution in [3.8, 4) is 0 Å². The summed E-state index contributed by atoms with van der Waals surface area (Å²) in [5.41, 5.74) is -1.49. The number of carboxylic acid groups (broad SMARTS) is 1. The molecular weight excluding hydrogens is 351 g/mol. The first-order valence-corrected chi connectivity index (χ1v) is 9.33. The van der Waals surface area contributed by atoms with Crippen LogP contribution in [0.25, 0.3) is 0 Å². The summed E-state index contributed by atoms with van der Waals surface area (Å²) in [6.45, 7) is 2.85. The molecule has 6 nitrogen and oxygen atoms in total. The summed E-state index contributed by atoms with van der Waals surface area (Å²) in [4.78, 5) is 36.4. The highest BCUT2D eigenvalue weighted by Crippen LogP contribution is 2.26. The van der Waals surface area contributed by atoms with Gasteiger partial charge >= 0.3 is 5.97 Å². The van der Waals surface area contributed by atoms with E-state index in [0.29, 0.717) is 12.3 Å². The quantitative estimate of drug-likeness (QED) is 0.680. The Bertz CT molecular complexity index is 686. The Hall–Kier alpha value is -2.44. The zero-order valence-electron chi connectivity index (χ0n) is 15.8. The molecule has 3 N–H and O–H groups in total. The highest BCUT2D eigenvalue weighted by molar-refractivity contribution is 5.92. The van der Waals surface area contributed by atoms with Crippen molar-refractivity contribution >= 4 is 17.8 Å². The van der Waals surface area contributed by atoms with Crippen LogP contribution >= 0.6 is 0 Å². The van der Waals surface area contributed by atoms with Gasteiger partial charge in [-0.1, -0.05) is 31.4 Å². The van der Waals surface area contributed by atoms with Crippen LogP contribution < -0.4 is 10.6 Å². The lowest BCUT2D eigenvalue weighted by Gasteiger charge is -2.29. The summed E-state index contributed by atoms with van der Waals surface area (Å²) < 4.78 is 13.1. The molecule has 1 fully saturated rings. The number of hydrogen-bond acceptors (Lipinski definition) is 3. The molecule has 2 atom stereocenters. The number of benzene rings is 1. The maximum Gasteiger partial charge on any atom is 0.333 e. The van der Waals surface area contributed by atoms with E-state index in [9.17, 15) is 23.9 Å². The van der Waals surface area contributed by atoms with E-state index in [4.69, 9.17) is 0 Å². The smallest absolute Gasteiger partial charge is 0.333 e. The molecule has 1 aliphatic carbocycles. The van der Waals surface area contributed by atoms with E-state index in [-0.39, 0.29) is 11.5 Å². The lowest BCUT2D eigenvalue weighted by Crippen LogP contribution is -2.55. The third kappa shape index (κ3) is 5.52. The standard InChI is InChI=1S/C20H27FN2O4/c1-13(22-17(24)12-14-6-4-3-5-7-14)18(25)23-20(2,19(26)27)15-8-10-16(21)11-9-15/h8-11,13-14H,3-7,12H2,1-2H3,(H,22,24)(H,23,25)(H,26,27). The van der Waals surface area contributed by atoms with Gasteiger partial charge in [-0.25, -0.2) is 9.18 Å². The van der Waals surface area contributed by atoms with Crippen molar-refractivity contribution in [1.29, 1.82) is 0 Å². The van der Waals surface area contributed by atoms with Crippen LogP contribution in [-0.4, -0.2) is 28.9 Å². The topological polar surface area (TPSA) is 95.5 Å². The van der Waals surface area contributed by atoms with E-state index in [1.165, 1.54) is 32.4 Å². The van der Waals surface area contributed by atoms with Crippen LogP contribution in [0.2, 0.25) is 0 Å². The fourth-order valence-electron chi connectivity index (χ4n) is 3.41. The normalized spacial score (nSPS) is 18.2. The number of nitrogens with one attached hydrogen (secondary N) is 2. The predicted octanol–water partition coefficient (Wildman–Crippen LogP) is 2.72. The number of halogens is 1. The highest BCUT2D eigenvalue weighted by atomic mass is 19.1. The second-order valence-electron chi connectivity index (χ2n) is 7.42. The minimum Gasteiger partial charge on any atom is -0.479 e. The molecule has 0 aromatic heterocycles. The van der Waals surface area contributed by atoms with Gasteiger partial charge in [0.1, 0.15) is 11.9 Å². The molecule has 1 aromatic carbocycles. The van der Waals surface area contributed by atoms with Gasteiger partial charge in [-0.05, 0) is 50.3 Å². The molecule has 1 aromatic rings. The Morgan fingerprint density at radius 1 is 1.19 bits per heavy atom. The monoisotopic (exact) mass is 378 g/mol. The molecule has 0 saturated heterocycles. The van der Waals surface area contributed by atoms with Crippen LogP contribution in [0.5, 0.6) is 0 Å². The van der Waals surface area contributed by atoms with Gasteiger partial charge in [0.2, 0.25) is 11.8 Å². The molecule has 1 aliphatic rings. The van der Waals surface area contributed by atoms with Crippen molar-refractivity contribution in [1.82, 2.24) is 10.6 Å². The summed E-state index contributed by atoms with van der Waals surface area (Å²) in [6, 6.07) is 4.03. The van der Waals surface area contributed by atoms with Crippen molar-refractivity contribution in [2.24, 2.45) is 5.92 Å². The number of carboxylic acids is 1. The maximum atomic E-state index is 13.1.